The van der Waals surface area contributed by atoms with Crippen molar-refractivity contribution in [1.82, 2.24) is 4.90 Å². The summed E-state index contributed by atoms with van der Waals surface area (Å²) in [4.78, 5) is 26.7. The van der Waals surface area contributed by atoms with E-state index in [4.69, 9.17) is 23.7 Å². The molecule has 9 heteroatoms. The molecule has 0 spiro atoms. The predicted octanol–water partition coefficient (Wildman–Crippen LogP) is 3.24. The summed E-state index contributed by atoms with van der Waals surface area (Å²) in [6.07, 6.45) is 1.36. The van der Waals surface area contributed by atoms with E-state index in [-0.39, 0.29) is 23.9 Å². The van der Waals surface area contributed by atoms with Gasteiger partial charge in [-0.25, -0.2) is 4.79 Å². The van der Waals surface area contributed by atoms with Crippen LogP contribution in [0.25, 0.3) is 0 Å². The number of ether oxygens (including phenoxy) is 5. The zero-order chi connectivity index (χ0) is 25.7. The van der Waals surface area contributed by atoms with Crippen LogP contribution in [0.15, 0.2) is 36.4 Å². The van der Waals surface area contributed by atoms with Gasteiger partial charge in [-0.1, -0.05) is 12.1 Å². The third-order valence-corrected chi connectivity index (χ3v) is 6.86. The van der Waals surface area contributed by atoms with Crippen molar-refractivity contribution in [3.05, 3.63) is 47.5 Å². The molecule has 2 aromatic carbocycles. The lowest BCUT2D eigenvalue weighted by Gasteiger charge is -2.28. The Morgan fingerprint density at radius 3 is 2.14 bits per heavy atom. The number of carbonyl (C=O) groups excluding carboxylic acids is 2. The standard InChI is InChI=1S/C27H33NO8/c1-32-22-6-4-17(14-24(22)33-2)12-19-16-35-26(30)21(19)13-18-5-7-23(25(15-18)34-3)36-27(31)28-10-8-20(29)9-11-28/h4-7,14-15,19-21,29H,8-13,16H2,1-3H3/t19-,21+/m0/s1. The van der Waals surface area contributed by atoms with Gasteiger partial charge in [0.15, 0.2) is 23.0 Å². The molecular formula is C27H33NO8. The predicted molar refractivity (Wildman–Crippen MR) is 131 cm³/mol. The monoisotopic (exact) mass is 499 g/mol. The topological polar surface area (TPSA) is 104 Å². The van der Waals surface area contributed by atoms with Crippen molar-refractivity contribution in [2.24, 2.45) is 11.8 Å². The van der Waals surface area contributed by atoms with E-state index >= 15 is 0 Å². The van der Waals surface area contributed by atoms with Crippen molar-refractivity contribution < 1.29 is 38.4 Å². The number of amides is 1. The first-order chi connectivity index (χ1) is 17.4. The number of hydrogen-bond acceptors (Lipinski definition) is 8. The second kappa shape index (κ2) is 11.5. The summed E-state index contributed by atoms with van der Waals surface area (Å²) >= 11 is 0. The van der Waals surface area contributed by atoms with Gasteiger partial charge in [0.2, 0.25) is 0 Å². The van der Waals surface area contributed by atoms with Crippen molar-refractivity contribution in [2.45, 2.75) is 31.8 Å². The van der Waals surface area contributed by atoms with E-state index in [1.807, 2.05) is 24.3 Å². The van der Waals surface area contributed by atoms with Gasteiger partial charge in [-0.3, -0.25) is 4.79 Å². The zero-order valence-electron chi connectivity index (χ0n) is 20.9. The van der Waals surface area contributed by atoms with Gasteiger partial charge in [0.1, 0.15) is 0 Å². The Bertz CT molecular complexity index is 1080. The van der Waals surface area contributed by atoms with E-state index in [1.165, 1.54) is 7.11 Å². The highest BCUT2D eigenvalue weighted by Crippen LogP contribution is 2.35. The Kier molecular flexibility index (Phi) is 8.20. The molecule has 0 saturated carbocycles. The molecule has 2 heterocycles. The minimum atomic E-state index is -0.470. The number of likely N-dealkylation sites (tertiary alicyclic amines) is 1. The third kappa shape index (κ3) is 5.84. The maximum absolute atomic E-state index is 12.6. The van der Waals surface area contributed by atoms with Crippen LogP contribution in [-0.4, -0.2) is 69.2 Å². The summed E-state index contributed by atoms with van der Waals surface area (Å²) in [7, 11) is 4.70. The van der Waals surface area contributed by atoms with Crippen molar-refractivity contribution in [2.75, 3.05) is 41.0 Å². The number of cyclic esters (lactones) is 1. The van der Waals surface area contributed by atoms with Crippen molar-refractivity contribution in [1.29, 1.82) is 0 Å². The van der Waals surface area contributed by atoms with Crippen LogP contribution < -0.4 is 18.9 Å². The fourth-order valence-corrected chi connectivity index (χ4v) is 4.75. The SMILES string of the molecule is COc1ccc(C[C@H]2COC(=O)[C@@H]2Cc2ccc(OC(=O)N3CCC(O)CC3)c(OC)c2)cc1OC. The minimum absolute atomic E-state index is 0.00792. The van der Waals surface area contributed by atoms with Gasteiger partial charge in [0.05, 0.1) is 40.0 Å². The number of piperidine rings is 1. The molecule has 0 bridgehead atoms. The number of methoxy groups -OCH3 is 3. The number of rotatable bonds is 8. The van der Waals surface area contributed by atoms with E-state index in [2.05, 4.69) is 0 Å². The maximum Gasteiger partial charge on any atom is 0.415 e. The molecule has 0 aliphatic carbocycles. The molecule has 1 N–H and O–H groups in total. The van der Waals surface area contributed by atoms with Gasteiger partial charge in [-0.15, -0.1) is 0 Å². The molecule has 194 valence electrons. The maximum atomic E-state index is 12.6. The number of benzene rings is 2. The molecule has 36 heavy (non-hydrogen) atoms. The van der Waals surface area contributed by atoms with Gasteiger partial charge in [-0.05, 0) is 61.1 Å². The molecule has 2 aromatic rings. The molecule has 2 saturated heterocycles. The van der Waals surface area contributed by atoms with Crippen LogP contribution in [0, 0.1) is 11.8 Å². The molecule has 4 rings (SSSR count). The Morgan fingerprint density at radius 1 is 0.917 bits per heavy atom. The molecule has 2 atom stereocenters. The van der Waals surface area contributed by atoms with Crippen molar-refractivity contribution >= 4 is 12.1 Å². The molecular weight excluding hydrogens is 466 g/mol. The zero-order valence-corrected chi connectivity index (χ0v) is 20.9. The molecule has 9 nitrogen and oxygen atoms in total. The third-order valence-electron chi connectivity index (χ3n) is 6.86. The lowest BCUT2D eigenvalue weighted by Crippen LogP contribution is -2.41. The van der Waals surface area contributed by atoms with E-state index in [9.17, 15) is 14.7 Å². The Labute approximate surface area is 210 Å². The summed E-state index contributed by atoms with van der Waals surface area (Å²) in [5.74, 6) is 1.51. The number of nitrogens with zero attached hydrogens (tertiary/aromatic N) is 1. The van der Waals surface area contributed by atoms with Gasteiger partial charge >= 0.3 is 12.1 Å². The van der Waals surface area contributed by atoms with E-state index in [1.54, 1.807) is 31.3 Å². The van der Waals surface area contributed by atoms with Crippen LogP contribution in [-0.2, 0) is 22.4 Å². The first kappa shape index (κ1) is 25.6. The van der Waals surface area contributed by atoms with Gasteiger partial charge < -0.3 is 33.7 Å². The largest absolute Gasteiger partial charge is 0.493 e. The quantitative estimate of drug-likeness (QED) is 0.552. The average molecular weight is 500 g/mol. The fraction of sp³-hybridized carbons (Fsp3) is 0.481. The summed E-state index contributed by atoms with van der Waals surface area (Å²) in [6, 6.07) is 11.1. The fourth-order valence-electron chi connectivity index (χ4n) is 4.75. The average Bonchev–Trinajstić information content (AvgIpc) is 3.23. The summed E-state index contributed by atoms with van der Waals surface area (Å²) in [6.45, 7) is 1.26. The highest BCUT2D eigenvalue weighted by Gasteiger charge is 2.37. The van der Waals surface area contributed by atoms with Crippen LogP contribution in [0.2, 0.25) is 0 Å². The molecule has 2 fully saturated rings. The minimum Gasteiger partial charge on any atom is -0.493 e. The summed E-state index contributed by atoms with van der Waals surface area (Å²) < 4.78 is 27.2. The molecule has 1 amide bonds. The first-order valence-electron chi connectivity index (χ1n) is 12.1. The summed E-state index contributed by atoms with van der Waals surface area (Å²) in [5.41, 5.74) is 1.92. The molecule has 0 radical (unpaired) electrons. The van der Waals surface area contributed by atoms with Crippen LogP contribution in [0.5, 0.6) is 23.0 Å². The number of esters is 1. The van der Waals surface area contributed by atoms with E-state index < -0.39 is 6.09 Å². The number of carbonyl (C=O) groups is 2. The van der Waals surface area contributed by atoms with Gasteiger partial charge in [0.25, 0.3) is 0 Å². The summed E-state index contributed by atoms with van der Waals surface area (Å²) in [5, 5.41) is 9.65. The highest BCUT2D eigenvalue weighted by molar-refractivity contribution is 5.75. The lowest BCUT2D eigenvalue weighted by atomic mass is 9.85. The molecule has 0 unspecified atom stereocenters. The van der Waals surface area contributed by atoms with Crippen molar-refractivity contribution in [3.8, 4) is 23.0 Å². The normalized spacial score (nSPS) is 20.1. The highest BCUT2D eigenvalue weighted by atomic mass is 16.6. The Morgan fingerprint density at radius 2 is 1.50 bits per heavy atom. The number of aliphatic hydroxyl groups is 1. The second-order valence-corrected chi connectivity index (χ2v) is 9.17. The van der Waals surface area contributed by atoms with Crippen LogP contribution >= 0.6 is 0 Å². The molecule has 2 aliphatic rings. The Balaban J connectivity index is 1.43. The lowest BCUT2D eigenvalue weighted by molar-refractivity contribution is -0.141. The smallest absolute Gasteiger partial charge is 0.415 e. The molecule has 2 aliphatic heterocycles. The van der Waals surface area contributed by atoms with Gasteiger partial charge in [0, 0.05) is 19.0 Å². The van der Waals surface area contributed by atoms with Crippen molar-refractivity contribution in [3.63, 3.8) is 0 Å². The van der Waals surface area contributed by atoms with Crippen LogP contribution in [0.1, 0.15) is 24.0 Å². The number of hydrogen-bond donors (Lipinski definition) is 1. The van der Waals surface area contributed by atoms with E-state index in [0.717, 1.165) is 11.1 Å². The van der Waals surface area contributed by atoms with E-state index in [0.29, 0.717) is 68.4 Å². The van der Waals surface area contributed by atoms with Crippen LogP contribution in [0.3, 0.4) is 0 Å². The molecule has 0 aromatic heterocycles. The van der Waals surface area contributed by atoms with Gasteiger partial charge in [-0.2, -0.15) is 0 Å². The van der Waals surface area contributed by atoms with Crippen LogP contribution in [0.4, 0.5) is 4.79 Å². The second-order valence-electron chi connectivity index (χ2n) is 9.17. The number of aliphatic hydroxyl groups excluding tert-OH is 1. The Hall–Kier alpha value is -3.46. The first-order valence-corrected chi connectivity index (χ1v) is 12.1.